The molecule has 27 heavy (non-hydrogen) atoms. The summed E-state index contributed by atoms with van der Waals surface area (Å²) >= 11 is 0. The van der Waals surface area contributed by atoms with E-state index in [1.807, 2.05) is 49.1 Å². The predicted octanol–water partition coefficient (Wildman–Crippen LogP) is 2.13. The Morgan fingerprint density at radius 1 is 1.22 bits per heavy atom. The van der Waals surface area contributed by atoms with Crippen LogP contribution < -0.4 is 10.6 Å². The lowest BCUT2D eigenvalue weighted by Crippen LogP contribution is -2.57. The molecule has 0 heterocycles. The molecule has 1 saturated carbocycles. The number of aliphatic hydroxyl groups excluding tert-OH is 1. The average molecular weight is 377 g/mol. The van der Waals surface area contributed by atoms with Gasteiger partial charge in [0, 0.05) is 12.1 Å². The lowest BCUT2D eigenvalue weighted by molar-refractivity contribution is -0.139. The van der Waals surface area contributed by atoms with Crippen LogP contribution in [0.2, 0.25) is 0 Å². The SMILES string of the molecule is CCCC(NC(=O)NC1CC(N(CC)CC(=O)O)C1)C(O)c1ccccc1. The number of nitrogens with one attached hydrogen (secondary N) is 2. The first-order valence-corrected chi connectivity index (χ1v) is 9.70. The Bertz CT molecular complexity index is 605. The molecule has 0 bridgehead atoms. The monoisotopic (exact) mass is 377 g/mol. The quantitative estimate of drug-likeness (QED) is 0.500. The highest BCUT2D eigenvalue weighted by molar-refractivity contribution is 5.75. The number of aliphatic hydroxyl groups is 1. The van der Waals surface area contributed by atoms with Gasteiger partial charge in [0.05, 0.1) is 18.7 Å². The van der Waals surface area contributed by atoms with Crippen LogP contribution in [0.3, 0.4) is 0 Å². The highest BCUT2D eigenvalue weighted by Crippen LogP contribution is 2.26. The molecule has 2 unspecified atom stereocenters. The molecule has 1 aliphatic carbocycles. The molecule has 2 rings (SSSR count). The number of benzene rings is 1. The predicted molar refractivity (Wildman–Crippen MR) is 103 cm³/mol. The van der Waals surface area contributed by atoms with Crippen LogP contribution >= 0.6 is 0 Å². The molecule has 2 amide bonds. The number of aliphatic carboxylic acids is 1. The van der Waals surface area contributed by atoms with Gasteiger partial charge in [-0.25, -0.2) is 4.79 Å². The number of carboxylic acid groups (broad SMARTS) is 1. The number of amides is 2. The van der Waals surface area contributed by atoms with Crippen molar-refractivity contribution in [2.24, 2.45) is 0 Å². The van der Waals surface area contributed by atoms with Crippen LogP contribution in [0.25, 0.3) is 0 Å². The molecule has 1 aliphatic rings. The Morgan fingerprint density at radius 2 is 1.89 bits per heavy atom. The standard InChI is InChI=1S/C20H31N3O4/c1-3-8-17(19(26)14-9-6-5-7-10-14)22-20(27)21-15-11-16(12-15)23(4-2)13-18(24)25/h5-7,9-10,15-17,19,26H,3-4,8,11-13H2,1-2H3,(H,24,25)(H2,21,22,27). The minimum absolute atomic E-state index is 0.0297. The minimum Gasteiger partial charge on any atom is -0.480 e. The van der Waals surface area contributed by atoms with E-state index in [0.717, 1.165) is 24.8 Å². The summed E-state index contributed by atoms with van der Waals surface area (Å²) in [6, 6.07) is 8.92. The average Bonchev–Trinajstić information content (AvgIpc) is 2.62. The Kier molecular flexibility index (Phi) is 8.06. The number of hydrogen-bond acceptors (Lipinski definition) is 4. The van der Waals surface area contributed by atoms with E-state index < -0.39 is 12.1 Å². The highest BCUT2D eigenvalue weighted by Gasteiger charge is 2.35. The van der Waals surface area contributed by atoms with Crippen molar-refractivity contribution in [3.63, 3.8) is 0 Å². The number of hydrogen-bond donors (Lipinski definition) is 4. The molecule has 1 aromatic rings. The number of likely N-dealkylation sites (N-methyl/N-ethyl adjacent to an activating group) is 1. The molecule has 0 spiro atoms. The second kappa shape index (κ2) is 10.3. The van der Waals surface area contributed by atoms with Gasteiger partial charge >= 0.3 is 12.0 Å². The van der Waals surface area contributed by atoms with Gasteiger partial charge < -0.3 is 20.8 Å². The van der Waals surface area contributed by atoms with Gasteiger partial charge in [-0.1, -0.05) is 50.6 Å². The van der Waals surface area contributed by atoms with Crippen molar-refractivity contribution in [2.45, 2.75) is 63.8 Å². The second-order valence-electron chi connectivity index (χ2n) is 7.15. The number of urea groups is 1. The molecule has 7 nitrogen and oxygen atoms in total. The smallest absolute Gasteiger partial charge is 0.317 e. The minimum atomic E-state index is -0.830. The van der Waals surface area contributed by atoms with Crippen molar-refractivity contribution >= 4 is 12.0 Å². The molecule has 1 aromatic carbocycles. The van der Waals surface area contributed by atoms with E-state index in [0.29, 0.717) is 13.0 Å². The molecule has 0 aliphatic heterocycles. The van der Waals surface area contributed by atoms with Crippen molar-refractivity contribution < 1.29 is 19.8 Å². The topological polar surface area (TPSA) is 102 Å². The zero-order valence-electron chi connectivity index (χ0n) is 16.1. The van der Waals surface area contributed by atoms with Gasteiger partial charge in [-0.2, -0.15) is 0 Å². The van der Waals surface area contributed by atoms with Crippen molar-refractivity contribution in [3.8, 4) is 0 Å². The van der Waals surface area contributed by atoms with Crippen LogP contribution in [0.5, 0.6) is 0 Å². The van der Waals surface area contributed by atoms with Gasteiger partial charge in [-0.05, 0) is 31.4 Å². The number of carboxylic acids is 1. The van der Waals surface area contributed by atoms with Gasteiger partial charge in [0.1, 0.15) is 0 Å². The summed E-state index contributed by atoms with van der Waals surface area (Å²) in [5, 5.41) is 25.4. The largest absolute Gasteiger partial charge is 0.480 e. The van der Waals surface area contributed by atoms with Gasteiger partial charge in [0.15, 0.2) is 0 Å². The number of rotatable bonds is 10. The number of carbonyl (C=O) groups excluding carboxylic acids is 1. The lowest BCUT2D eigenvalue weighted by atomic mass is 9.85. The molecule has 0 radical (unpaired) electrons. The maximum absolute atomic E-state index is 12.4. The molecule has 2 atom stereocenters. The fraction of sp³-hybridized carbons (Fsp3) is 0.600. The first-order chi connectivity index (χ1) is 12.9. The summed E-state index contributed by atoms with van der Waals surface area (Å²) < 4.78 is 0. The third-order valence-corrected chi connectivity index (χ3v) is 5.15. The zero-order valence-corrected chi connectivity index (χ0v) is 16.1. The molecule has 0 aromatic heterocycles. The molecular formula is C20H31N3O4. The first-order valence-electron chi connectivity index (χ1n) is 9.70. The summed E-state index contributed by atoms with van der Waals surface area (Å²) in [6.07, 6.45) is 2.26. The van der Waals surface area contributed by atoms with Crippen molar-refractivity contribution in [2.75, 3.05) is 13.1 Å². The molecular weight excluding hydrogens is 346 g/mol. The Morgan fingerprint density at radius 3 is 2.44 bits per heavy atom. The van der Waals surface area contributed by atoms with Crippen LogP contribution in [-0.2, 0) is 4.79 Å². The third-order valence-electron chi connectivity index (χ3n) is 5.15. The van der Waals surface area contributed by atoms with Crippen molar-refractivity contribution in [3.05, 3.63) is 35.9 Å². The fourth-order valence-electron chi connectivity index (χ4n) is 3.57. The summed E-state index contributed by atoms with van der Waals surface area (Å²) in [4.78, 5) is 25.2. The second-order valence-corrected chi connectivity index (χ2v) is 7.15. The zero-order chi connectivity index (χ0) is 19.8. The number of nitrogens with zero attached hydrogens (tertiary/aromatic N) is 1. The third kappa shape index (κ3) is 6.22. The van der Waals surface area contributed by atoms with E-state index in [9.17, 15) is 14.7 Å². The Balaban J connectivity index is 1.82. The molecule has 0 saturated heterocycles. The van der Waals surface area contributed by atoms with Crippen LogP contribution in [-0.4, -0.2) is 58.3 Å². The van der Waals surface area contributed by atoms with E-state index in [2.05, 4.69) is 10.6 Å². The van der Waals surface area contributed by atoms with E-state index in [-0.39, 0.29) is 30.7 Å². The molecule has 4 N–H and O–H groups in total. The summed E-state index contributed by atoms with van der Waals surface area (Å²) in [7, 11) is 0. The van der Waals surface area contributed by atoms with E-state index >= 15 is 0 Å². The Labute approximate surface area is 160 Å². The van der Waals surface area contributed by atoms with Crippen molar-refractivity contribution in [1.82, 2.24) is 15.5 Å². The van der Waals surface area contributed by atoms with Crippen LogP contribution in [0.1, 0.15) is 51.2 Å². The van der Waals surface area contributed by atoms with Crippen molar-refractivity contribution in [1.29, 1.82) is 0 Å². The maximum atomic E-state index is 12.4. The van der Waals surface area contributed by atoms with Crippen LogP contribution in [0.15, 0.2) is 30.3 Å². The number of carbonyl (C=O) groups is 2. The normalized spacial score (nSPS) is 21.2. The molecule has 1 fully saturated rings. The Hall–Kier alpha value is -2.12. The van der Waals surface area contributed by atoms with Gasteiger partial charge in [-0.3, -0.25) is 9.69 Å². The van der Waals surface area contributed by atoms with Crippen LogP contribution in [0, 0.1) is 0 Å². The lowest BCUT2D eigenvalue weighted by Gasteiger charge is -2.42. The fourth-order valence-corrected chi connectivity index (χ4v) is 3.57. The summed E-state index contributed by atoms with van der Waals surface area (Å²) in [6.45, 7) is 4.67. The molecule has 7 heteroatoms. The van der Waals surface area contributed by atoms with E-state index in [1.54, 1.807) is 0 Å². The maximum Gasteiger partial charge on any atom is 0.317 e. The van der Waals surface area contributed by atoms with Crippen LogP contribution in [0.4, 0.5) is 4.79 Å². The summed E-state index contributed by atoms with van der Waals surface area (Å²) in [5.41, 5.74) is 0.784. The van der Waals surface area contributed by atoms with E-state index in [1.165, 1.54) is 0 Å². The summed E-state index contributed by atoms with van der Waals surface area (Å²) in [5.74, 6) is -0.830. The molecule has 150 valence electrons. The highest BCUT2D eigenvalue weighted by atomic mass is 16.4. The first kappa shape index (κ1) is 21.2. The van der Waals surface area contributed by atoms with E-state index in [4.69, 9.17) is 5.11 Å². The van der Waals surface area contributed by atoms with Gasteiger partial charge in [0.2, 0.25) is 0 Å². The van der Waals surface area contributed by atoms with Gasteiger partial charge in [0.25, 0.3) is 0 Å². The van der Waals surface area contributed by atoms with Gasteiger partial charge in [-0.15, -0.1) is 0 Å².